The molecule has 3 aromatic rings. The predicted octanol–water partition coefficient (Wildman–Crippen LogP) is 8.36. The SMILES string of the molecule is CCc1ccc(C)cc1CC1C(=O)C=Cc2ccc(Cc3ccc(C4CCC(C)CC4)cc3)cc21. The molecule has 0 heterocycles. The van der Waals surface area contributed by atoms with E-state index in [0.29, 0.717) is 0 Å². The third kappa shape index (κ3) is 5.35. The quantitative estimate of drug-likeness (QED) is 0.360. The second kappa shape index (κ2) is 10.4. The van der Waals surface area contributed by atoms with Crippen LogP contribution in [0.2, 0.25) is 0 Å². The standard InChI is InChI=1S/C34H38O/c1-4-27-11-7-24(3)19-31(27)22-33-32-21-26(10-16-30(32)17-18-34(33)35)20-25-8-14-29(15-9-25)28-12-5-23(2)6-13-28/h7-11,14-19,21,23,28,33H,4-6,12-13,20,22H2,1-3H3. The van der Waals surface area contributed by atoms with Crippen molar-refractivity contribution in [2.24, 2.45) is 5.92 Å². The fourth-order valence-corrected chi connectivity index (χ4v) is 6.09. The van der Waals surface area contributed by atoms with E-state index in [1.165, 1.54) is 70.2 Å². The molecule has 1 heteroatoms. The Bertz CT molecular complexity index is 1220. The maximum atomic E-state index is 13.0. The van der Waals surface area contributed by atoms with Crippen LogP contribution in [0, 0.1) is 12.8 Å². The van der Waals surface area contributed by atoms with E-state index >= 15 is 0 Å². The summed E-state index contributed by atoms with van der Waals surface area (Å²) in [5.41, 5.74) is 10.4. The Morgan fingerprint density at radius 2 is 1.54 bits per heavy atom. The van der Waals surface area contributed by atoms with E-state index in [0.717, 1.165) is 31.1 Å². The molecule has 1 saturated carbocycles. The molecule has 180 valence electrons. The van der Waals surface area contributed by atoms with Gasteiger partial charge in [-0.05, 0) is 95.9 Å². The van der Waals surface area contributed by atoms with Gasteiger partial charge in [0, 0.05) is 0 Å². The molecule has 0 amide bonds. The summed E-state index contributed by atoms with van der Waals surface area (Å²) in [6.45, 7) is 6.72. The van der Waals surface area contributed by atoms with Crippen LogP contribution in [0.1, 0.15) is 95.9 Å². The minimum absolute atomic E-state index is 0.0990. The molecule has 1 nitrogen and oxygen atoms in total. The van der Waals surface area contributed by atoms with Gasteiger partial charge in [-0.3, -0.25) is 4.79 Å². The average Bonchev–Trinajstić information content (AvgIpc) is 2.87. The summed E-state index contributed by atoms with van der Waals surface area (Å²) < 4.78 is 0. The third-order valence-corrected chi connectivity index (χ3v) is 8.34. The normalized spacial score (nSPS) is 21.7. The number of fused-ring (bicyclic) bond motifs is 1. The first-order chi connectivity index (χ1) is 17.0. The van der Waals surface area contributed by atoms with E-state index < -0.39 is 0 Å². The number of rotatable bonds is 6. The number of ketones is 1. The van der Waals surface area contributed by atoms with E-state index in [1.54, 1.807) is 6.08 Å². The molecule has 35 heavy (non-hydrogen) atoms. The monoisotopic (exact) mass is 462 g/mol. The van der Waals surface area contributed by atoms with Crippen LogP contribution in [0.5, 0.6) is 0 Å². The van der Waals surface area contributed by atoms with Crippen molar-refractivity contribution >= 4 is 11.9 Å². The fourth-order valence-electron chi connectivity index (χ4n) is 6.09. The Labute approximate surface area is 211 Å². The highest BCUT2D eigenvalue weighted by Crippen LogP contribution is 2.36. The van der Waals surface area contributed by atoms with Crippen LogP contribution < -0.4 is 0 Å². The molecule has 0 spiro atoms. The van der Waals surface area contributed by atoms with Crippen LogP contribution in [0.4, 0.5) is 0 Å². The summed E-state index contributed by atoms with van der Waals surface area (Å²) in [5, 5.41) is 0. The van der Waals surface area contributed by atoms with Gasteiger partial charge < -0.3 is 0 Å². The van der Waals surface area contributed by atoms with E-state index in [1.807, 2.05) is 6.08 Å². The van der Waals surface area contributed by atoms with Crippen LogP contribution >= 0.6 is 0 Å². The molecular weight excluding hydrogens is 424 g/mol. The van der Waals surface area contributed by atoms with E-state index in [4.69, 9.17) is 0 Å². The second-order valence-electron chi connectivity index (χ2n) is 11.0. The molecule has 1 atom stereocenters. The highest BCUT2D eigenvalue weighted by molar-refractivity contribution is 6.02. The molecule has 0 radical (unpaired) electrons. The molecule has 2 aliphatic carbocycles. The maximum absolute atomic E-state index is 13.0. The lowest BCUT2D eigenvalue weighted by molar-refractivity contribution is -0.116. The van der Waals surface area contributed by atoms with Crippen LogP contribution in [-0.4, -0.2) is 5.78 Å². The number of hydrogen-bond donors (Lipinski definition) is 0. The Kier molecular flexibility index (Phi) is 7.04. The van der Waals surface area contributed by atoms with Gasteiger partial charge in [0.15, 0.2) is 5.78 Å². The number of aryl methyl sites for hydroxylation is 2. The van der Waals surface area contributed by atoms with Crippen LogP contribution in [-0.2, 0) is 24.1 Å². The first-order valence-corrected chi connectivity index (χ1v) is 13.5. The van der Waals surface area contributed by atoms with E-state index in [-0.39, 0.29) is 11.7 Å². The van der Waals surface area contributed by atoms with Gasteiger partial charge in [0.1, 0.15) is 0 Å². The zero-order valence-electron chi connectivity index (χ0n) is 21.5. The van der Waals surface area contributed by atoms with Gasteiger partial charge in [-0.15, -0.1) is 0 Å². The van der Waals surface area contributed by atoms with Crippen molar-refractivity contribution < 1.29 is 4.79 Å². The summed E-state index contributed by atoms with van der Waals surface area (Å²) in [7, 11) is 0. The van der Waals surface area contributed by atoms with Crippen LogP contribution in [0.25, 0.3) is 6.08 Å². The summed E-state index contributed by atoms with van der Waals surface area (Å²) in [6.07, 6.45) is 11.8. The first kappa shape index (κ1) is 23.8. The van der Waals surface area contributed by atoms with Gasteiger partial charge in [0.2, 0.25) is 0 Å². The van der Waals surface area contributed by atoms with Gasteiger partial charge in [-0.1, -0.05) is 99.0 Å². The summed E-state index contributed by atoms with van der Waals surface area (Å²) in [4.78, 5) is 13.0. The van der Waals surface area contributed by atoms with Crippen LogP contribution in [0.15, 0.2) is 66.7 Å². The summed E-state index contributed by atoms with van der Waals surface area (Å²) >= 11 is 0. The van der Waals surface area contributed by atoms with Gasteiger partial charge in [0.05, 0.1) is 5.92 Å². The van der Waals surface area contributed by atoms with Gasteiger partial charge in [-0.2, -0.15) is 0 Å². The lowest BCUT2D eigenvalue weighted by Crippen LogP contribution is -2.18. The number of benzene rings is 3. The lowest BCUT2D eigenvalue weighted by atomic mass is 9.79. The van der Waals surface area contributed by atoms with Crippen molar-refractivity contribution in [3.05, 3.63) is 111 Å². The van der Waals surface area contributed by atoms with Crippen molar-refractivity contribution in [2.45, 2.75) is 77.6 Å². The van der Waals surface area contributed by atoms with Crippen molar-refractivity contribution in [3.8, 4) is 0 Å². The Hall–Kier alpha value is -2.93. The van der Waals surface area contributed by atoms with Gasteiger partial charge in [0.25, 0.3) is 0 Å². The molecule has 3 aromatic carbocycles. The minimum Gasteiger partial charge on any atom is -0.294 e. The van der Waals surface area contributed by atoms with Crippen molar-refractivity contribution in [2.75, 3.05) is 0 Å². The summed E-state index contributed by atoms with van der Waals surface area (Å²) in [6, 6.07) is 22.7. The number of hydrogen-bond acceptors (Lipinski definition) is 1. The molecule has 0 saturated heterocycles. The highest BCUT2D eigenvalue weighted by Gasteiger charge is 2.26. The topological polar surface area (TPSA) is 17.1 Å². The van der Waals surface area contributed by atoms with Crippen molar-refractivity contribution in [1.82, 2.24) is 0 Å². The number of allylic oxidation sites excluding steroid dienone is 1. The second-order valence-corrected chi connectivity index (χ2v) is 11.0. The zero-order valence-corrected chi connectivity index (χ0v) is 21.5. The molecule has 0 aliphatic heterocycles. The molecule has 1 unspecified atom stereocenters. The molecule has 0 aromatic heterocycles. The Morgan fingerprint density at radius 3 is 2.29 bits per heavy atom. The lowest BCUT2D eigenvalue weighted by Gasteiger charge is -2.26. The molecule has 2 aliphatic rings. The zero-order chi connectivity index (χ0) is 24.4. The molecule has 0 bridgehead atoms. The van der Waals surface area contributed by atoms with Crippen molar-refractivity contribution in [3.63, 3.8) is 0 Å². The number of carbonyl (C=O) groups is 1. The van der Waals surface area contributed by atoms with Crippen LogP contribution in [0.3, 0.4) is 0 Å². The molecular formula is C34H38O. The molecule has 5 rings (SSSR count). The predicted molar refractivity (Wildman–Crippen MR) is 147 cm³/mol. The minimum atomic E-state index is -0.0990. The Balaban J connectivity index is 1.36. The largest absolute Gasteiger partial charge is 0.294 e. The van der Waals surface area contributed by atoms with Crippen molar-refractivity contribution in [1.29, 1.82) is 0 Å². The maximum Gasteiger partial charge on any atom is 0.163 e. The van der Waals surface area contributed by atoms with Gasteiger partial charge in [-0.25, -0.2) is 0 Å². The van der Waals surface area contributed by atoms with E-state index in [2.05, 4.69) is 81.4 Å². The number of carbonyl (C=O) groups excluding carboxylic acids is 1. The van der Waals surface area contributed by atoms with E-state index in [9.17, 15) is 4.79 Å². The van der Waals surface area contributed by atoms with Gasteiger partial charge >= 0.3 is 0 Å². The highest BCUT2D eigenvalue weighted by atomic mass is 16.1. The third-order valence-electron chi connectivity index (χ3n) is 8.34. The summed E-state index contributed by atoms with van der Waals surface area (Å²) in [5.74, 6) is 1.75. The molecule has 1 fully saturated rings. The first-order valence-electron chi connectivity index (χ1n) is 13.5. The Morgan fingerprint density at radius 1 is 0.800 bits per heavy atom. The molecule has 0 N–H and O–H groups in total. The smallest absolute Gasteiger partial charge is 0.163 e. The average molecular weight is 463 g/mol. The fraction of sp³-hybridized carbons (Fsp3) is 0.382.